The van der Waals surface area contributed by atoms with Crippen molar-refractivity contribution in [1.82, 2.24) is 10.2 Å². The molecule has 1 aliphatic rings. The molecule has 1 N–H and O–H groups in total. The van der Waals surface area contributed by atoms with Crippen molar-refractivity contribution in [3.05, 3.63) is 69.7 Å². The molecule has 122 valence electrons. The Bertz CT molecular complexity index is 623. The van der Waals surface area contributed by atoms with Crippen molar-refractivity contribution in [3.8, 4) is 0 Å². The summed E-state index contributed by atoms with van der Waals surface area (Å²) < 4.78 is 0. The zero-order valence-electron chi connectivity index (χ0n) is 13.1. The van der Waals surface area contributed by atoms with Crippen LogP contribution in [0.2, 0.25) is 10.0 Å². The summed E-state index contributed by atoms with van der Waals surface area (Å²) in [6.07, 6.45) is 2.38. The number of rotatable bonds is 5. The number of halogens is 2. The van der Waals surface area contributed by atoms with E-state index < -0.39 is 0 Å². The largest absolute Gasteiger partial charge is 0.310 e. The fourth-order valence-corrected chi connectivity index (χ4v) is 3.37. The molecule has 23 heavy (non-hydrogen) atoms. The molecule has 2 aromatic rings. The molecule has 0 spiro atoms. The molecule has 0 saturated carbocycles. The van der Waals surface area contributed by atoms with Crippen molar-refractivity contribution in [2.24, 2.45) is 0 Å². The number of benzene rings is 2. The first-order valence-corrected chi connectivity index (χ1v) is 8.90. The molecule has 2 nitrogen and oxygen atoms in total. The molecule has 3 rings (SSSR count). The summed E-state index contributed by atoms with van der Waals surface area (Å²) in [5, 5.41) is 4.88. The Balaban J connectivity index is 1.43. The van der Waals surface area contributed by atoms with Gasteiger partial charge >= 0.3 is 0 Å². The van der Waals surface area contributed by atoms with Gasteiger partial charge in [-0.2, -0.15) is 0 Å². The van der Waals surface area contributed by atoms with Crippen LogP contribution in [0, 0.1) is 0 Å². The molecular weight excluding hydrogens is 327 g/mol. The fourth-order valence-electron chi connectivity index (χ4n) is 3.05. The van der Waals surface area contributed by atoms with E-state index in [0.29, 0.717) is 16.1 Å². The van der Waals surface area contributed by atoms with Gasteiger partial charge in [0.2, 0.25) is 0 Å². The summed E-state index contributed by atoms with van der Waals surface area (Å²) in [7, 11) is 0. The summed E-state index contributed by atoms with van der Waals surface area (Å²) >= 11 is 12.0. The second-order valence-corrected chi connectivity index (χ2v) is 6.98. The second-order valence-electron chi connectivity index (χ2n) is 6.17. The average Bonchev–Trinajstić information content (AvgIpc) is 2.58. The molecule has 0 unspecified atom stereocenters. The molecule has 2 aromatic carbocycles. The van der Waals surface area contributed by atoms with E-state index in [-0.39, 0.29) is 0 Å². The van der Waals surface area contributed by atoms with Gasteiger partial charge < -0.3 is 5.32 Å². The van der Waals surface area contributed by atoms with Crippen LogP contribution in [-0.2, 0) is 13.1 Å². The Labute approximate surface area is 148 Å². The van der Waals surface area contributed by atoms with Gasteiger partial charge in [-0.1, -0.05) is 59.6 Å². The van der Waals surface area contributed by atoms with Gasteiger partial charge in [0, 0.05) is 19.1 Å². The van der Waals surface area contributed by atoms with Crippen LogP contribution in [0.1, 0.15) is 24.0 Å². The summed E-state index contributed by atoms with van der Waals surface area (Å²) in [5.41, 5.74) is 2.58. The highest BCUT2D eigenvalue weighted by Crippen LogP contribution is 2.23. The van der Waals surface area contributed by atoms with E-state index in [9.17, 15) is 0 Å². The lowest BCUT2D eigenvalue weighted by molar-refractivity contribution is 0.190. The van der Waals surface area contributed by atoms with Gasteiger partial charge in [-0.15, -0.1) is 0 Å². The highest BCUT2D eigenvalue weighted by Gasteiger charge is 2.18. The highest BCUT2D eigenvalue weighted by atomic mass is 35.5. The van der Waals surface area contributed by atoms with Gasteiger partial charge in [-0.25, -0.2) is 0 Å². The topological polar surface area (TPSA) is 15.3 Å². The van der Waals surface area contributed by atoms with E-state index >= 15 is 0 Å². The molecule has 1 heterocycles. The number of likely N-dealkylation sites (tertiary alicyclic amines) is 1. The Hall–Kier alpha value is -1.06. The number of hydrogen-bond donors (Lipinski definition) is 1. The first-order chi connectivity index (χ1) is 11.2. The Morgan fingerprint density at radius 1 is 0.913 bits per heavy atom. The van der Waals surface area contributed by atoms with Crippen LogP contribution in [-0.4, -0.2) is 24.0 Å². The molecule has 4 heteroatoms. The van der Waals surface area contributed by atoms with Crippen LogP contribution in [0.4, 0.5) is 0 Å². The zero-order valence-corrected chi connectivity index (χ0v) is 14.7. The maximum Gasteiger partial charge on any atom is 0.0595 e. The normalized spacial score (nSPS) is 16.6. The number of hydrogen-bond acceptors (Lipinski definition) is 2. The maximum atomic E-state index is 6.07. The molecule has 0 atom stereocenters. The minimum Gasteiger partial charge on any atom is -0.310 e. The van der Waals surface area contributed by atoms with Gasteiger partial charge in [0.25, 0.3) is 0 Å². The molecule has 0 bridgehead atoms. The summed E-state index contributed by atoms with van der Waals surface area (Å²) in [6, 6.07) is 17.1. The third kappa shape index (κ3) is 4.95. The predicted molar refractivity (Wildman–Crippen MR) is 98.0 cm³/mol. The van der Waals surface area contributed by atoms with Gasteiger partial charge in [-0.3, -0.25) is 4.90 Å². The van der Waals surface area contributed by atoms with Crippen molar-refractivity contribution in [1.29, 1.82) is 0 Å². The van der Waals surface area contributed by atoms with Crippen molar-refractivity contribution < 1.29 is 0 Å². The van der Waals surface area contributed by atoms with Crippen LogP contribution in [0.25, 0.3) is 0 Å². The van der Waals surface area contributed by atoms with Crippen LogP contribution < -0.4 is 5.32 Å². The number of piperidine rings is 1. The van der Waals surface area contributed by atoms with Crippen LogP contribution >= 0.6 is 23.2 Å². The Morgan fingerprint density at radius 3 is 2.35 bits per heavy atom. The maximum absolute atomic E-state index is 6.07. The molecule has 0 aromatic heterocycles. The summed E-state index contributed by atoms with van der Waals surface area (Å²) in [4.78, 5) is 2.53. The van der Waals surface area contributed by atoms with E-state index in [1.54, 1.807) is 0 Å². The fraction of sp³-hybridized carbons (Fsp3) is 0.368. The van der Waals surface area contributed by atoms with Gasteiger partial charge in [0.05, 0.1) is 10.0 Å². The molecule has 1 saturated heterocycles. The standard InChI is InChI=1S/C19H22Cl2N2/c20-18-7-6-16(12-19(18)21)13-22-17-8-10-23(11-9-17)14-15-4-2-1-3-5-15/h1-7,12,17,22H,8-11,13-14H2. The minimum absolute atomic E-state index is 0.580. The first-order valence-electron chi connectivity index (χ1n) is 8.14. The van der Waals surface area contributed by atoms with E-state index in [1.807, 2.05) is 18.2 Å². The number of nitrogens with zero attached hydrogens (tertiary/aromatic N) is 1. The van der Waals surface area contributed by atoms with E-state index in [0.717, 1.165) is 26.2 Å². The van der Waals surface area contributed by atoms with Gasteiger partial charge in [0.1, 0.15) is 0 Å². The molecular formula is C19H22Cl2N2. The van der Waals surface area contributed by atoms with Crippen LogP contribution in [0.3, 0.4) is 0 Å². The Kier molecular flexibility index (Phi) is 5.96. The zero-order chi connectivity index (χ0) is 16.1. The first kappa shape index (κ1) is 16.8. The van der Waals surface area contributed by atoms with Crippen molar-refractivity contribution in [2.45, 2.75) is 32.0 Å². The van der Waals surface area contributed by atoms with Gasteiger partial charge in [0.15, 0.2) is 0 Å². The van der Waals surface area contributed by atoms with Crippen LogP contribution in [0.15, 0.2) is 48.5 Å². The summed E-state index contributed by atoms with van der Waals surface area (Å²) in [5.74, 6) is 0. The average molecular weight is 349 g/mol. The predicted octanol–water partition coefficient (Wildman–Crippen LogP) is 4.75. The van der Waals surface area contributed by atoms with Crippen LogP contribution in [0.5, 0.6) is 0 Å². The van der Waals surface area contributed by atoms with Crippen molar-refractivity contribution >= 4 is 23.2 Å². The smallest absolute Gasteiger partial charge is 0.0595 e. The third-order valence-corrected chi connectivity index (χ3v) is 5.15. The second kappa shape index (κ2) is 8.16. The molecule has 0 aliphatic carbocycles. The number of nitrogens with one attached hydrogen (secondary N) is 1. The Morgan fingerprint density at radius 2 is 1.65 bits per heavy atom. The molecule has 1 aliphatic heterocycles. The SMILES string of the molecule is Clc1ccc(CNC2CCN(Cc3ccccc3)CC2)cc1Cl. The molecule has 1 fully saturated rings. The van der Waals surface area contributed by atoms with Crippen molar-refractivity contribution in [3.63, 3.8) is 0 Å². The molecule has 0 radical (unpaired) electrons. The third-order valence-electron chi connectivity index (χ3n) is 4.42. The quantitative estimate of drug-likeness (QED) is 0.838. The monoisotopic (exact) mass is 348 g/mol. The minimum atomic E-state index is 0.580. The van der Waals surface area contributed by atoms with E-state index in [2.05, 4.69) is 40.5 Å². The lowest BCUT2D eigenvalue weighted by Gasteiger charge is -2.32. The summed E-state index contributed by atoms with van der Waals surface area (Å²) in [6.45, 7) is 4.20. The van der Waals surface area contributed by atoms with E-state index in [4.69, 9.17) is 23.2 Å². The van der Waals surface area contributed by atoms with Crippen molar-refractivity contribution in [2.75, 3.05) is 13.1 Å². The lowest BCUT2D eigenvalue weighted by Crippen LogP contribution is -2.41. The lowest BCUT2D eigenvalue weighted by atomic mass is 10.0. The van der Waals surface area contributed by atoms with E-state index in [1.165, 1.54) is 24.0 Å². The van der Waals surface area contributed by atoms with Gasteiger partial charge in [-0.05, 0) is 49.2 Å². The highest BCUT2D eigenvalue weighted by molar-refractivity contribution is 6.42. The molecule has 0 amide bonds.